The van der Waals surface area contributed by atoms with E-state index in [0.29, 0.717) is 6.54 Å². The first-order valence-corrected chi connectivity index (χ1v) is 7.54. The van der Waals surface area contributed by atoms with Crippen LogP contribution in [0, 0.1) is 12.8 Å². The van der Waals surface area contributed by atoms with Crippen molar-refractivity contribution in [3.8, 4) is 0 Å². The van der Waals surface area contributed by atoms with Crippen molar-refractivity contribution in [2.75, 3.05) is 19.6 Å². The molecule has 1 aliphatic heterocycles. The molecule has 0 radical (unpaired) electrons. The van der Waals surface area contributed by atoms with Gasteiger partial charge in [0.05, 0.1) is 0 Å². The van der Waals surface area contributed by atoms with E-state index in [0.717, 1.165) is 25.9 Å². The number of aryl methyl sites for hydroxylation is 1. The highest BCUT2D eigenvalue weighted by Gasteiger charge is 2.25. The summed E-state index contributed by atoms with van der Waals surface area (Å²) in [6.07, 6.45) is 1.91. The van der Waals surface area contributed by atoms with Gasteiger partial charge in [-0.1, -0.05) is 43.7 Å². The largest absolute Gasteiger partial charge is 0.355 e. The lowest BCUT2D eigenvalue weighted by Crippen LogP contribution is -2.42. The number of benzene rings is 1. The van der Waals surface area contributed by atoms with Crippen molar-refractivity contribution in [1.29, 1.82) is 0 Å². The van der Waals surface area contributed by atoms with Crippen LogP contribution in [-0.4, -0.2) is 25.5 Å². The quantitative estimate of drug-likeness (QED) is 0.885. The Bertz CT molecular complexity index is 445. The maximum atomic E-state index is 12.2. The Kier molecular flexibility index (Phi) is 4.81. The van der Waals surface area contributed by atoms with Crippen LogP contribution < -0.4 is 10.6 Å². The Morgan fingerprint density at radius 2 is 1.85 bits per heavy atom. The summed E-state index contributed by atoms with van der Waals surface area (Å²) in [5, 5.41) is 6.43. The van der Waals surface area contributed by atoms with Gasteiger partial charge in [0, 0.05) is 17.9 Å². The molecule has 0 saturated carbocycles. The molecule has 1 aromatic rings. The van der Waals surface area contributed by atoms with Crippen molar-refractivity contribution in [1.82, 2.24) is 10.6 Å². The third kappa shape index (κ3) is 3.83. The van der Waals surface area contributed by atoms with Crippen LogP contribution in [0.4, 0.5) is 0 Å². The third-order valence-corrected chi connectivity index (χ3v) is 4.25. The average molecular weight is 274 g/mol. The summed E-state index contributed by atoms with van der Waals surface area (Å²) in [7, 11) is 0. The zero-order valence-corrected chi connectivity index (χ0v) is 12.8. The van der Waals surface area contributed by atoms with Crippen LogP contribution in [0.3, 0.4) is 0 Å². The van der Waals surface area contributed by atoms with Gasteiger partial charge in [-0.25, -0.2) is 0 Å². The fraction of sp³-hybridized carbons (Fsp3) is 0.588. The summed E-state index contributed by atoms with van der Waals surface area (Å²) in [6, 6.07) is 8.58. The smallest absolute Gasteiger partial charge is 0.223 e. The molecule has 0 bridgehead atoms. The number of rotatable bonds is 4. The lowest BCUT2D eigenvalue weighted by atomic mass is 9.84. The number of hydrogen-bond acceptors (Lipinski definition) is 2. The van der Waals surface area contributed by atoms with E-state index in [4.69, 9.17) is 0 Å². The lowest BCUT2D eigenvalue weighted by Gasteiger charge is -2.28. The van der Waals surface area contributed by atoms with Gasteiger partial charge in [0.15, 0.2) is 0 Å². The molecule has 0 aliphatic carbocycles. The van der Waals surface area contributed by atoms with Gasteiger partial charge < -0.3 is 10.6 Å². The molecular formula is C17H26N2O. The van der Waals surface area contributed by atoms with Gasteiger partial charge in [-0.3, -0.25) is 4.79 Å². The molecule has 0 atom stereocenters. The predicted octanol–water partition coefficient (Wildman–Crippen LogP) is 2.39. The molecule has 1 fully saturated rings. The van der Waals surface area contributed by atoms with E-state index >= 15 is 0 Å². The molecule has 1 aliphatic rings. The van der Waals surface area contributed by atoms with Gasteiger partial charge in [-0.2, -0.15) is 0 Å². The molecule has 0 unspecified atom stereocenters. The van der Waals surface area contributed by atoms with Gasteiger partial charge in [0.25, 0.3) is 0 Å². The Hall–Kier alpha value is -1.35. The van der Waals surface area contributed by atoms with Crippen molar-refractivity contribution >= 4 is 5.91 Å². The van der Waals surface area contributed by atoms with Crippen LogP contribution in [-0.2, 0) is 10.2 Å². The van der Waals surface area contributed by atoms with E-state index in [1.165, 1.54) is 11.1 Å². The minimum absolute atomic E-state index is 0.0315. The van der Waals surface area contributed by atoms with Crippen LogP contribution in [0.2, 0.25) is 0 Å². The zero-order valence-electron chi connectivity index (χ0n) is 12.8. The molecule has 1 saturated heterocycles. The van der Waals surface area contributed by atoms with Crippen molar-refractivity contribution in [2.24, 2.45) is 5.92 Å². The molecule has 1 heterocycles. The highest BCUT2D eigenvalue weighted by Crippen LogP contribution is 2.23. The Labute approximate surface area is 122 Å². The van der Waals surface area contributed by atoms with Crippen molar-refractivity contribution in [2.45, 2.75) is 39.0 Å². The van der Waals surface area contributed by atoms with E-state index in [2.05, 4.69) is 55.7 Å². The van der Waals surface area contributed by atoms with Crippen LogP contribution in [0.5, 0.6) is 0 Å². The second-order valence-corrected chi connectivity index (χ2v) is 6.49. The standard InChI is InChI=1S/C17H26N2O/c1-13-4-6-15(7-5-13)17(2,3)12-19-16(20)14-8-10-18-11-9-14/h4-7,14,18H,8-12H2,1-3H3,(H,19,20). The van der Waals surface area contributed by atoms with Crippen molar-refractivity contribution < 1.29 is 4.79 Å². The molecule has 110 valence electrons. The van der Waals surface area contributed by atoms with Crippen molar-refractivity contribution in [3.05, 3.63) is 35.4 Å². The summed E-state index contributed by atoms with van der Waals surface area (Å²) in [5.74, 6) is 0.400. The highest BCUT2D eigenvalue weighted by atomic mass is 16.1. The van der Waals surface area contributed by atoms with Gasteiger partial charge in [-0.15, -0.1) is 0 Å². The fourth-order valence-corrected chi connectivity index (χ4v) is 2.64. The molecule has 2 rings (SSSR count). The number of carbonyl (C=O) groups is 1. The number of carbonyl (C=O) groups excluding carboxylic acids is 1. The first kappa shape index (κ1) is 15.0. The zero-order chi connectivity index (χ0) is 14.6. The van der Waals surface area contributed by atoms with Gasteiger partial charge >= 0.3 is 0 Å². The molecule has 3 nitrogen and oxygen atoms in total. The monoisotopic (exact) mass is 274 g/mol. The van der Waals surface area contributed by atoms with Crippen molar-refractivity contribution in [3.63, 3.8) is 0 Å². The second-order valence-electron chi connectivity index (χ2n) is 6.49. The number of hydrogen-bond donors (Lipinski definition) is 2. The van der Waals surface area contributed by atoms with Gasteiger partial charge in [0.2, 0.25) is 5.91 Å². The summed E-state index contributed by atoms with van der Waals surface area (Å²) in [5.41, 5.74) is 2.51. The second kappa shape index (κ2) is 6.40. The molecule has 3 heteroatoms. The Morgan fingerprint density at radius 3 is 2.45 bits per heavy atom. The van der Waals surface area contributed by atoms with E-state index in [-0.39, 0.29) is 17.2 Å². The summed E-state index contributed by atoms with van der Waals surface area (Å²) >= 11 is 0. The average Bonchev–Trinajstić information content (AvgIpc) is 2.46. The van der Waals surface area contributed by atoms with Gasteiger partial charge in [0.1, 0.15) is 0 Å². The highest BCUT2D eigenvalue weighted by molar-refractivity contribution is 5.78. The Balaban J connectivity index is 1.91. The van der Waals surface area contributed by atoms with Crippen LogP contribution in [0.15, 0.2) is 24.3 Å². The van der Waals surface area contributed by atoms with Gasteiger partial charge in [-0.05, 0) is 38.4 Å². The van der Waals surface area contributed by atoms with Crippen LogP contribution in [0.1, 0.15) is 37.8 Å². The summed E-state index contributed by atoms with van der Waals surface area (Å²) in [4.78, 5) is 12.2. The van der Waals surface area contributed by atoms with Crippen LogP contribution >= 0.6 is 0 Å². The number of amides is 1. The maximum absolute atomic E-state index is 12.2. The molecular weight excluding hydrogens is 248 g/mol. The number of piperidine rings is 1. The molecule has 2 N–H and O–H groups in total. The maximum Gasteiger partial charge on any atom is 0.223 e. The number of nitrogens with one attached hydrogen (secondary N) is 2. The molecule has 1 aromatic carbocycles. The topological polar surface area (TPSA) is 41.1 Å². The fourth-order valence-electron chi connectivity index (χ4n) is 2.64. The third-order valence-electron chi connectivity index (χ3n) is 4.25. The molecule has 1 amide bonds. The summed E-state index contributed by atoms with van der Waals surface area (Å²) in [6.45, 7) is 9.06. The van der Waals surface area contributed by atoms with E-state index < -0.39 is 0 Å². The first-order valence-electron chi connectivity index (χ1n) is 7.54. The predicted molar refractivity (Wildman–Crippen MR) is 82.8 cm³/mol. The minimum atomic E-state index is -0.0315. The minimum Gasteiger partial charge on any atom is -0.355 e. The summed E-state index contributed by atoms with van der Waals surface area (Å²) < 4.78 is 0. The normalized spacial score (nSPS) is 16.9. The Morgan fingerprint density at radius 1 is 1.25 bits per heavy atom. The van der Waals surface area contributed by atoms with E-state index in [1.807, 2.05) is 0 Å². The lowest BCUT2D eigenvalue weighted by molar-refractivity contribution is -0.125. The van der Waals surface area contributed by atoms with E-state index in [1.54, 1.807) is 0 Å². The van der Waals surface area contributed by atoms with Crippen LogP contribution in [0.25, 0.3) is 0 Å². The molecule has 20 heavy (non-hydrogen) atoms. The molecule has 0 aromatic heterocycles. The first-order chi connectivity index (χ1) is 9.49. The molecule has 0 spiro atoms. The SMILES string of the molecule is Cc1ccc(C(C)(C)CNC(=O)C2CCNCC2)cc1. The van der Waals surface area contributed by atoms with E-state index in [9.17, 15) is 4.79 Å².